The van der Waals surface area contributed by atoms with E-state index in [2.05, 4.69) is 31.9 Å². The summed E-state index contributed by atoms with van der Waals surface area (Å²) in [6.45, 7) is 1.97. The number of phenols is 1. The Hall–Kier alpha value is 0.0300. The van der Waals surface area contributed by atoms with Gasteiger partial charge in [-0.2, -0.15) is 0 Å². The van der Waals surface area contributed by atoms with E-state index in [0.29, 0.717) is 8.95 Å². The summed E-state index contributed by atoms with van der Waals surface area (Å²) >= 11 is 7.25. The predicted molar refractivity (Wildman–Crippen MR) is 72.0 cm³/mol. The SMILES string of the molecule is CC/C(=C/c1cc(Br)c(O)c(Br)c1)SO. The van der Waals surface area contributed by atoms with Gasteiger partial charge in [0.05, 0.1) is 8.95 Å². The van der Waals surface area contributed by atoms with Crippen LogP contribution in [-0.2, 0) is 0 Å². The molecule has 2 N–H and O–H groups in total. The second kappa shape index (κ2) is 5.94. The standard InChI is InChI=1S/C10H10Br2O2S/c1-2-7(15-14)3-6-4-8(11)10(13)9(12)5-6/h3-5,13-14H,2H2,1H3/b7-3-. The normalized spacial score (nSPS) is 11.9. The number of benzene rings is 1. The van der Waals surface area contributed by atoms with Gasteiger partial charge in [0.15, 0.2) is 0 Å². The van der Waals surface area contributed by atoms with E-state index in [1.807, 2.05) is 13.0 Å². The molecule has 0 saturated carbocycles. The summed E-state index contributed by atoms with van der Waals surface area (Å²) in [5.41, 5.74) is 0.921. The Balaban J connectivity index is 3.11. The van der Waals surface area contributed by atoms with Gasteiger partial charge >= 0.3 is 0 Å². The summed E-state index contributed by atoms with van der Waals surface area (Å²) in [6.07, 6.45) is 2.65. The van der Waals surface area contributed by atoms with E-state index in [0.717, 1.165) is 28.9 Å². The Morgan fingerprint density at radius 1 is 1.40 bits per heavy atom. The molecule has 0 spiro atoms. The van der Waals surface area contributed by atoms with Crippen LogP contribution >= 0.6 is 43.9 Å². The van der Waals surface area contributed by atoms with Crippen LogP contribution in [0.25, 0.3) is 6.08 Å². The first kappa shape index (κ1) is 13.1. The van der Waals surface area contributed by atoms with Crippen molar-refractivity contribution < 1.29 is 9.66 Å². The predicted octanol–water partition coefficient (Wildman–Crippen LogP) is 4.87. The van der Waals surface area contributed by atoms with E-state index in [1.165, 1.54) is 0 Å². The Labute approximate surface area is 110 Å². The van der Waals surface area contributed by atoms with Crippen LogP contribution in [0.2, 0.25) is 0 Å². The van der Waals surface area contributed by atoms with E-state index >= 15 is 0 Å². The Morgan fingerprint density at radius 2 is 1.93 bits per heavy atom. The van der Waals surface area contributed by atoms with Gasteiger partial charge in [0.2, 0.25) is 0 Å². The molecule has 1 aromatic rings. The molecule has 2 nitrogen and oxygen atoms in total. The topological polar surface area (TPSA) is 40.5 Å². The molecule has 1 rings (SSSR count). The van der Waals surface area contributed by atoms with Crippen LogP contribution in [-0.4, -0.2) is 9.66 Å². The van der Waals surface area contributed by atoms with Gasteiger partial charge in [-0.1, -0.05) is 6.92 Å². The van der Waals surface area contributed by atoms with Crippen molar-refractivity contribution in [3.8, 4) is 5.75 Å². The smallest absolute Gasteiger partial charge is 0.143 e. The van der Waals surface area contributed by atoms with Crippen LogP contribution in [0.3, 0.4) is 0 Å². The number of halogens is 2. The molecule has 0 unspecified atom stereocenters. The van der Waals surface area contributed by atoms with E-state index in [-0.39, 0.29) is 5.75 Å². The minimum absolute atomic E-state index is 0.182. The lowest BCUT2D eigenvalue weighted by atomic mass is 10.2. The van der Waals surface area contributed by atoms with Crippen LogP contribution in [0.5, 0.6) is 5.75 Å². The molecule has 0 aliphatic rings. The van der Waals surface area contributed by atoms with Gasteiger partial charge in [-0.3, -0.25) is 0 Å². The summed E-state index contributed by atoms with van der Waals surface area (Å²) in [5.74, 6) is 0.182. The lowest BCUT2D eigenvalue weighted by molar-refractivity contribution is 0.468. The molecule has 0 atom stereocenters. The second-order valence-corrected chi connectivity index (χ2v) is 5.30. The third-order valence-electron chi connectivity index (χ3n) is 1.83. The van der Waals surface area contributed by atoms with Gasteiger partial charge in [0.1, 0.15) is 5.75 Å². The number of hydrogen-bond donors (Lipinski definition) is 2. The highest BCUT2D eigenvalue weighted by Gasteiger charge is 2.05. The monoisotopic (exact) mass is 352 g/mol. The number of aromatic hydroxyl groups is 1. The Kier molecular flexibility index (Phi) is 5.18. The molecular formula is C10H10Br2O2S. The Morgan fingerprint density at radius 3 is 2.33 bits per heavy atom. The molecule has 0 amide bonds. The summed E-state index contributed by atoms with van der Waals surface area (Å²) in [7, 11) is 0. The van der Waals surface area contributed by atoms with Gasteiger partial charge in [-0.25, -0.2) is 0 Å². The summed E-state index contributed by atoms with van der Waals surface area (Å²) in [4.78, 5) is 0.875. The number of allylic oxidation sites excluding steroid dienone is 1. The molecule has 82 valence electrons. The van der Waals surface area contributed by atoms with Crippen molar-refractivity contribution in [1.29, 1.82) is 0 Å². The van der Waals surface area contributed by atoms with Crippen molar-refractivity contribution >= 4 is 50.0 Å². The van der Waals surface area contributed by atoms with E-state index in [9.17, 15) is 5.11 Å². The van der Waals surface area contributed by atoms with Crippen LogP contribution in [0.4, 0.5) is 0 Å². The summed E-state index contributed by atoms with van der Waals surface area (Å²) in [5, 5.41) is 9.51. The van der Waals surface area contributed by atoms with E-state index in [4.69, 9.17) is 4.55 Å². The fraction of sp³-hybridized carbons (Fsp3) is 0.200. The quantitative estimate of drug-likeness (QED) is 0.761. The van der Waals surface area contributed by atoms with Crippen LogP contribution in [0.15, 0.2) is 26.0 Å². The van der Waals surface area contributed by atoms with Crippen molar-refractivity contribution in [2.75, 3.05) is 0 Å². The largest absolute Gasteiger partial charge is 0.506 e. The highest BCUT2D eigenvalue weighted by Crippen LogP contribution is 2.34. The molecule has 0 fully saturated rings. The molecule has 0 aliphatic heterocycles. The first-order valence-electron chi connectivity index (χ1n) is 4.28. The van der Waals surface area contributed by atoms with Crippen molar-refractivity contribution in [3.63, 3.8) is 0 Å². The van der Waals surface area contributed by atoms with Crippen LogP contribution in [0, 0.1) is 0 Å². The maximum absolute atomic E-state index is 9.51. The molecule has 5 heteroatoms. The lowest BCUT2D eigenvalue weighted by Gasteiger charge is -2.04. The number of phenolic OH excluding ortho intramolecular Hbond substituents is 1. The fourth-order valence-corrected chi connectivity index (χ4v) is 2.59. The van der Waals surface area contributed by atoms with Gasteiger partial charge in [0.25, 0.3) is 0 Å². The molecule has 0 bridgehead atoms. The lowest BCUT2D eigenvalue weighted by Crippen LogP contribution is -1.79. The zero-order valence-electron chi connectivity index (χ0n) is 8.00. The van der Waals surface area contributed by atoms with E-state index in [1.54, 1.807) is 12.1 Å². The van der Waals surface area contributed by atoms with Crippen molar-refractivity contribution in [2.45, 2.75) is 13.3 Å². The van der Waals surface area contributed by atoms with Gasteiger partial charge in [-0.05, 0) is 62.1 Å². The highest BCUT2D eigenvalue weighted by molar-refractivity contribution is 9.11. The molecule has 1 aromatic carbocycles. The summed E-state index contributed by atoms with van der Waals surface area (Å²) in [6, 6.07) is 3.60. The number of rotatable bonds is 3. The fourth-order valence-electron chi connectivity index (χ4n) is 1.05. The summed E-state index contributed by atoms with van der Waals surface area (Å²) < 4.78 is 10.2. The molecule has 15 heavy (non-hydrogen) atoms. The first-order chi connectivity index (χ1) is 7.08. The molecule has 0 heterocycles. The average Bonchev–Trinajstić information content (AvgIpc) is 2.22. The van der Waals surface area contributed by atoms with Crippen molar-refractivity contribution in [2.24, 2.45) is 0 Å². The minimum atomic E-state index is 0.182. The first-order valence-corrected chi connectivity index (χ1v) is 6.64. The van der Waals surface area contributed by atoms with Crippen molar-refractivity contribution in [3.05, 3.63) is 31.5 Å². The Bertz CT molecular complexity index is 362. The molecule has 0 radical (unpaired) electrons. The highest BCUT2D eigenvalue weighted by atomic mass is 79.9. The van der Waals surface area contributed by atoms with Crippen LogP contribution in [0.1, 0.15) is 18.9 Å². The molecule has 0 saturated heterocycles. The zero-order chi connectivity index (χ0) is 11.4. The van der Waals surface area contributed by atoms with Gasteiger partial charge < -0.3 is 9.66 Å². The molecule has 0 aliphatic carbocycles. The zero-order valence-corrected chi connectivity index (χ0v) is 12.0. The molecular weight excluding hydrogens is 344 g/mol. The average molecular weight is 354 g/mol. The molecule has 0 aromatic heterocycles. The third-order valence-corrected chi connectivity index (χ3v) is 3.68. The van der Waals surface area contributed by atoms with Crippen molar-refractivity contribution in [1.82, 2.24) is 0 Å². The maximum atomic E-state index is 9.51. The maximum Gasteiger partial charge on any atom is 0.143 e. The van der Waals surface area contributed by atoms with Crippen LogP contribution < -0.4 is 0 Å². The minimum Gasteiger partial charge on any atom is -0.506 e. The van der Waals surface area contributed by atoms with Gasteiger partial charge in [0, 0.05) is 16.9 Å². The van der Waals surface area contributed by atoms with E-state index < -0.39 is 0 Å². The third kappa shape index (κ3) is 3.52. The number of hydrogen-bond acceptors (Lipinski definition) is 3. The van der Waals surface area contributed by atoms with Gasteiger partial charge in [-0.15, -0.1) is 0 Å². The second-order valence-electron chi connectivity index (χ2n) is 2.89.